The van der Waals surface area contributed by atoms with Crippen LogP contribution in [0.1, 0.15) is 34.7 Å². The SMILES string of the molecule is CO/N=C(\COc1ccc(COc2ccc(C(N)CC(=O)OCc3ccccc3)cc2)cc1)c1ccccc1. The molecule has 0 fully saturated rings. The van der Waals surface area contributed by atoms with E-state index < -0.39 is 6.04 Å². The van der Waals surface area contributed by atoms with Gasteiger partial charge in [0, 0.05) is 11.6 Å². The van der Waals surface area contributed by atoms with E-state index in [0.29, 0.717) is 18.1 Å². The summed E-state index contributed by atoms with van der Waals surface area (Å²) in [6.45, 7) is 0.925. The highest BCUT2D eigenvalue weighted by atomic mass is 16.6. The molecule has 0 aliphatic heterocycles. The Balaban J connectivity index is 1.22. The Labute approximate surface area is 228 Å². The van der Waals surface area contributed by atoms with E-state index in [1.165, 1.54) is 7.11 Å². The first-order valence-electron chi connectivity index (χ1n) is 12.7. The van der Waals surface area contributed by atoms with Gasteiger partial charge in [-0.05, 0) is 41.0 Å². The summed E-state index contributed by atoms with van der Waals surface area (Å²) in [4.78, 5) is 17.1. The lowest BCUT2D eigenvalue weighted by atomic mass is 10.0. The van der Waals surface area contributed by atoms with Crippen LogP contribution in [0.2, 0.25) is 0 Å². The smallest absolute Gasteiger partial charge is 0.308 e. The number of nitrogens with zero attached hydrogens (tertiary/aromatic N) is 1. The molecule has 4 aromatic rings. The maximum Gasteiger partial charge on any atom is 0.308 e. The van der Waals surface area contributed by atoms with Gasteiger partial charge in [0.05, 0.1) is 6.42 Å². The van der Waals surface area contributed by atoms with Crippen LogP contribution in [0.4, 0.5) is 0 Å². The molecule has 200 valence electrons. The third-order valence-corrected chi connectivity index (χ3v) is 5.95. The number of nitrogens with two attached hydrogens (primary N) is 1. The van der Waals surface area contributed by atoms with E-state index >= 15 is 0 Å². The normalized spacial score (nSPS) is 11.9. The Hall–Kier alpha value is -4.62. The summed E-state index contributed by atoms with van der Waals surface area (Å²) in [7, 11) is 1.52. The molecule has 0 aliphatic rings. The topological polar surface area (TPSA) is 92.4 Å². The summed E-state index contributed by atoms with van der Waals surface area (Å²) in [6, 6.07) is 34.0. The number of rotatable bonds is 13. The number of carbonyl (C=O) groups is 1. The molecule has 2 N–H and O–H groups in total. The van der Waals surface area contributed by atoms with Crippen molar-refractivity contribution in [2.24, 2.45) is 10.9 Å². The van der Waals surface area contributed by atoms with Crippen molar-refractivity contribution in [3.05, 3.63) is 131 Å². The molecule has 4 aromatic carbocycles. The molecule has 4 rings (SSSR count). The lowest BCUT2D eigenvalue weighted by Crippen LogP contribution is -2.17. The van der Waals surface area contributed by atoms with E-state index in [2.05, 4.69) is 5.16 Å². The Kier molecular flexibility index (Phi) is 10.1. The Morgan fingerprint density at radius 2 is 1.33 bits per heavy atom. The minimum absolute atomic E-state index is 0.103. The Morgan fingerprint density at radius 1 is 0.744 bits per heavy atom. The van der Waals surface area contributed by atoms with Gasteiger partial charge in [0.2, 0.25) is 0 Å². The Morgan fingerprint density at radius 3 is 2.00 bits per heavy atom. The molecule has 1 atom stereocenters. The molecule has 0 spiro atoms. The minimum atomic E-state index is -0.453. The second-order valence-corrected chi connectivity index (χ2v) is 8.83. The van der Waals surface area contributed by atoms with E-state index in [1.54, 1.807) is 0 Å². The highest BCUT2D eigenvalue weighted by Crippen LogP contribution is 2.21. The molecule has 0 bridgehead atoms. The fourth-order valence-corrected chi connectivity index (χ4v) is 3.81. The van der Waals surface area contributed by atoms with E-state index in [9.17, 15) is 4.79 Å². The summed E-state index contributed by atoms with van der Waals surface area (Å²) in [5.74, 6) is 1.10. The van der Waals surface area contributed by atoms with E-state index in [4.69, 9.17) is 24.8 Å². The van der Waals surface area contributed by atoms with Gasteiger partial charge >= 0.3 is 5.97 Å². The monoisotopic (exact) mass is 524 g/mol. The molecule has 7 nitrogen and oxygen atoms in total. The molecular weight excluding hydrogens is 492 g/mol. The summed E-state index contributed by atoms with van der Waals surface area (Å²) in [5, 5.41) is 4.08. The van der Waals surface area contributed by atoms with Crippen LogP contribution in [0.3, 0.4) is 0 Å². The van der Waals surface area contributed by atoms with Crippen LogP contribution in [-0.4, -0.2) is 25.4 Å². The summed E-state index contributed by atoms with van der Waals surface area (Å²) < 4.78 is 17.1. The van der Waals surface area contributed by atoms with E-state index in [-0.39, 0.29) is 25.6 Å². The van der Waals surface area contributed by atoms with Crippen molar-refractivity contribution in [1.82, 2.24) is 0 Å². The van der Waals surface area contributed by atoms with Crippen LogP contribution >= 0.6 is 0 Å². The predicted octanol–water partition coefficient (Wildman–Crippen LogP) is 5.83. The molecule has 0 amide bonds. The van der Waals surface area contributed by atoms with Gasteiger partial charge in [-0.25, -0.2) is 0 Å². The zero-order valence-corrected chi connectivity index (χ0v) is 21.9. The second kappa shape index (κ2) is 14.4. The molecule has 0 heterocycles. The summed E-state index contributed by atoms with van der Waals surface area (Å²) in [5.41, 5.74) is 10.6. The molecule has 39 heavy (non-hydrogen) atoms. The van der Waals surface area contributed by atoms with Gasteiger partial charge in [-0.2, -0.15) is 0 Å². The van der Waals surface area contributed by atoms with Gasteiger partial charge in [0.1, 0.15) is 44.1 Å². The first kappa shape index (κ1) is 27.4. The highest BCUT2D eigenvalue weighted by Gasteiger charge is 2.13. The zero-order chi connectivity index (χ0) is 27.3. The van der Waals surface area contributed by atoms with Crippen molar-refractivity contribution in [1.29, 1.82) is 0 Å². The average molecular weight is 525 g/mol. The summed E-state index contributed by atoms with van der Waals surface area (Å²) in [6.07, 6.45) is 0.103. The average Bonchev–Trinajstić information content (AvgIpc) is 2.99. The molecule has 0 radical (unpaired) electrons. The highest BCUT2D eigenvalue weighted by molar-refractivity contribution is 6.01. The number of carbonyl (C=O) groups excluding carboxylic acids is 1. The van der Waals surface area contributed by atoms with Crippen LogP contribution in [0.15, 0.2) is 114 Å². The molecule has 7 heteroatoms. The number of oxime groups is 1. The van der Waals surface area contributed by atoms with Gasteiger partial charge in [0.15, 0.2) is 0 Å². The van der Waals surface area contributed by atoms with E-state index in [1.807, 2.05) is 109 Å². The largest absolute Gasteiger partial charge is 0.489 e. The minimum Gasteiger partial charge on any atom is -0.489 e. The number of esters is 1. The third-order valence-electron chi connectivity index (χ3n) is 5.95. The molecule has 0 saturated carbocycles. The van der Waals surface area contributed by atoms with Crippen molar-refractivity contribution >= 4 is 11.7 Å². The molecule has 1 unspecified atom stereocenters. The zero-order valence-electron chi connectivity index (χ0n) is 21.9. The van der Waals surface area contributed by atoms with Crippen molar-refractivity contribution in [2.75, 3.05) is 13.7 Å². The molecule has 0 aliphatic carbocycles. The van der Waals surface area contributed by atoms with Crippen molar-refractivity contribution < 1.29 is 23.8 Å². The van der Waals surface area contributed by atoms with Crippen LogP contribution in [0.5, 0.6) is 11.5 Å². The van der Waals surface area contributed by atoms with Gasteiger partial charge in [0.25, 0.3) is 0 Å². The van der Waals surface area contributed by atoms with Gasteiger partial charge in [-0.3, -0.25) is 4.79 Å². The van der Waals surface area contributed by atoms with E-state index in [0.717, 1.165) is 28.0 Å². The number of benzene rings is 4. The van der Waals surface area contributed by atoms with Crippen LogP contribution in [0, 0.1) is 0 Å². The lowest BCUT2D eigenvalue weighted by Gasteiger charge is -2.13. The van der Waals surface area contributed by atoms with Crippen molar-refractivity contribution in [3.8, 4) is 11.5 Å². The van der Waals surface area contributed by atoms with Crippen LogP contribution in [0.25, 0.3) is 0 Å². The van der Waals surface area contributed by atoms with Crippen molar-refractivity contribution in [2.45, 2.75) is 25.7 Å². The van der Waals surface area contributed by atoms with Gasteiger partial charge in [-0.1, -0.05) is 90.1 Å². The standard InChI is InChI=1S/C32H32N2O5/c1-36-34-31(27-10-6-3-7-11-27)23-38-28-16-12-25(13-17-28)21-37-29-18-14-26(15-19-29)30(33)20-32(35)39-22-24-8-4-2-5-9-24/h2-19,30H,20-23,33H2,1H3/b34-31+. The predicted molar refractivity (Wildman–Crippen MR) is 150 cm³/mol. The first-order chi connectivity index (χ1) is 19.1. The lowest BCUT2D eigenvalue weighted by molar-refractivity contribution is -0.145. The fourth-order valence-electron chi connectivity index (χ4n) is 3.81. The number of ether oxygens (including phenoxy) is 3. The van der Waals surface area contributed by atoms with Gasteiger partial charge in [-0.15, -0.1) is 0 Å². The quantitative estimate of drug-likeness (QED) is 0.134. The Bertz CT molecular complexity index is 1320. The van der Waals surface area contributed by atoms with Crippen LogP contribution in [-0.2, 0) is 27.6 Å². The summed E-state index contributed by atoms with van der Waals surface area (Å²) >= 11 is 0. The maximum absolute atomic E-state index is 12.2. The van der Waals surface area contributed by atoms with Crippen LogP contribution < -0.4 is 15.2 Å². The van der Waals surface area contributed by atoms with Crippen molar-refractivity contribution in [3.63, 3.8) is 0 Å². The van der Waals surface area contributed by atoms with Gasteiger partial charge < -0.3 is 24.8 Å². The fraction of sp³-hybridized carbons (Fsp3) is 0.188. The number of hydrogen-bond acceptors (Lipinski definition) is 7. The second-order valence-electron chi connectivity index (χ2n) is 8.83. The molecule has 0 aromatic heterocycles. The maximum atomic E-state index is 12.2. The third kappa shape index (κ3) is 8.72. The number of hydrogen-bond donors (Lipinski definition) is 1. The molecular formula is C32H32N2O5. The molecule has 0 saturated heterocycles. The first-order valence-corrected chi connectivity index (χ1v) is 12.7.